The Balaban J connectivity index is 2.72. The molecule has 0 bridgehead atoms. The Morgan fingerprint density at radius 1 is 1.25 bits per heavy atom. The topological polar surface area (TPSA) is 0 Å². The second-order valence-electron chi connectivity index (χ2n) is 2.59. The molecule has 0 N–H and O–H groups in total. The molecule has 8 heavy (non-hydrogen) atoms. The standard InChI is InChI=1S/C6H15SeSi/c1-8(2)6-4-3-5-7/h8H,3-6H2,1-2H3. The summed E-state index contributed by atoms with van der Waals surface area (Å²) in [5.74, 6) is 0. The molecule has 0 nitrogen and oxygen atoms in total. The van der Waals surface area contributed by atoms with Gasteiger partial charge in [-0.2, -0.15) is 0 Å². The van der Waals surface area contributed by atoms with Crippen LogP contribution in [0.5, 0.6) is 0 Å². The van der Waals surface area contributed by atoms with Gasteiger partial charge in [-0.25, -0.2) is 0 Å². The Bertz CT molecular complexity index is 45.8. The molecular formula is C6H15SeSi. The number of hydrogen-bond acceptors (Lipinski definition) is 0. The predicted octanol–water partition coefficient (Wildman–Crippen LogP) is 1.84. The predicted molar refractivity (Wildman–Crippen MR) is 43.5 cm³/mol. The van der Waals surface area contributed by atoms with E-state index in [1.54, 1.807) is 0 Å². The molecule has 0 aromatic carbocycles. The Hall–Kier alpha value is 0.736. The quantitative estimate of drug-likeness (QED) is 0.473. The molecule has 0 amide bonds. The molecule has 0 rings (SSSR count). The number of unbranched alkanes of at least 4 members (excludes halogenated alkanes) is 1. The van der Waals surface area contributed by atoms with Crippen LogP contribution in [0.3, 0.4) is 0 Å². The maximum atomic E-state index is 3.03. The van der Waals surface area contributed by atoms with Gasteiger partial charge >= 0.3 is 62.1 Å². The van der Waals surface area contributed by atoms with Gasteiger partial charge in [0.25, 0.3) is 0 Å². The van der Waals surface area contributed by atoms with Gasteiger partial charge in [-0.3, -0.25) is 0 Å². The van der Waals surface area contributed by atoms with Crippen LogP contribution in [0.2, 0.25) is 24.5 Å². The first-order chi connectivity index (χ1) is 3.77. The fraction of sp³-hybridized carbons (Fsp3) is 1.00. The van der Waals surface area contributed by atoms with Crippen molar-refractivity contribution < 1.29 is 0 Å². The summed E-state index contributed by atoms with van der Waals surface area (Å²) < 4.78 is 0. The third kappa shape index (κ3) is 6.74. The third-order valence-corrected chi connectivity index (χ3v) is 3.34. The van der Waals surface area contributed by atoms with E-state index in [4.69, 9.17) is 0 Å². The van der Waals surface area contributed by atoms with Crippen molar-refractivity contribution in [3.05, 3.63) is 0 Å². The van der Waals surface area contributed by atoms with Crippen molar-refractivity contribution >= 4 is 24.8 Å². The van der Waals surface area contributed by atoms with E-state index in [0.29, 0.717) is 0 Å². The van der Waals surface area contributed by atoms with E-state index < -0.39 is 0 Å². The molecule has 0 heterocycles. The average Bonchev–Trinajstić information content (AvgIpc) is 1.66. The van der Waals surface area contributed by atoms with Gasteiger partial charge in [0.15, 0.2) is 0 Å². The van der Waals surface area contributed by atoms with Crippen molar-refractivity contribution in [3.63, 3.8) is 0 Å². The van der Waals surface area contributed by atoms with Gasteiger partial charge in [-0.1, -0.05) is 0 Å². The Kier molecular flexibility index (Phi) is 6.41. The summed E-state index contributed by atoms with van der Waals surface area (Å²) >= 11 is 3.03. The second-order valence-corrected chi connectivity index (χ2v) is 6.82. The first-order valence-corrected chi connectivity index (χ1v) is 7.69. The molecule has 0 aliphatic rings. The maximum absolute atomic E-state index is 3.03. The summed E-state index contributed by atoms with van der Waals surface area (Å²) in [6, 6.07) is 1.53. The first-order valence-electron chi connectivity index (χ1n) is 3.35. The Morgan fingerprint density at radius 2 is 1.88 bits per heavy atom. The molecule has 0 saturated heterocycles. The van der Waals surface area contributed by atoms with Crippen LogP contribution in [0, 0.1) is 0 Å². The van der Waals surface area contributed by atoms with E-state index in [-0.39, 0.29) is 8.80 Å². The summed E-state index contributed by atoms with van der Waals surface area (Å²) in [5.41, 5.74) is 0. The normalized spacial score (nSPS) is 10.5. The monoisotopic (exact) mass is 195 g/mol. The molecule has 0 unspecified atom stereocenters. The van der Waals surface area contributed by atoms with Crippen LogP contribution in [-0.2, 0) is 0 Å². The van der Waals surface area contributed by atoms with Crippen molar-refractivity contribution in [2.24, 2.45) is 0 Å². The van der Waals surface area contributed by atoms with E-state index in [0.717, 1.165) is 0 Å². The number of rotatable bonds is 4. The average molecular weight is 194 g/mol. The van der Waals surface area contributed by atoms with Crippen molar-refractivity contribution in [2.75, 3.05) is 0 Å². The molecule has 0 aliphatic carbocycles. The molecule has 1 radical (unpaired) electrons. The van der Waals surface area contributed by atoms with Crippen molar-refractivity contribution in [1.29, 1.82) is 0 Å². The first kappa shape index (κ1) is 8.74. The van der Waals surface area contributed by atoms with Gasteiger partial charge < -0.3 is 0 Å². The van der Waals surface area contributed by atoms with Crippen molar-refractivity contribution in [2.45, 2.75) is 37.3 Å². The van der Waals surface area contributed by atoms with E-state index in [2.05, 4.69) is 29.1 Å². The molecule has 0 aromatic rings. The molecule has 0 atom stereocenters. The molecule has 2 heteroatoms. The van der Waals surface area contributed by atoms with E-state index in [1.165, 1.54) is 24.2 Å². The van der Waals surface area contributed by atoms with E-state index in [1.807, 2.05) is 0 Å². The van der Waals surface area contributed by atoms with Crippen LogP contribution < -0.4 is 0 Å². The van der Waals surface area contributed by atoms with Crippen LogP contribution in [0.15, 0.2) is 0 Å². The van der Waals surface area contributed by atoms with Crippen LogP contribution in [-0.4, -0.2) is 24.8 Å². The summed E-state index contributed by atoms with van der Waals surface area (Å²) in [6.45, 7) is 4.83. The molecule has 0 aliphatic heterocycles. The summed E-state index contributed by atoms with van der Waals surface area (Å²) in [4.78, 5) is 0. The van der Waals surface area contributed by atoms with E-state index >= 15 is 0 Å². The zero-order valence-corrected chi connectivity index (χ0v) is 8.68. The minimum atomic E-state index is -0.216. The molecule has 0 fully saturated rings. The Labute approximate surface area is 62.5 Å². The van der Waals surface area contributed by atoms with Gasteiger partial charge in [-0.15, -0.1) is 0 Å². The van der Waals surface area contributed by atoms with Gasteiger partial charge in [-0.05, 0) is 0 Å². The van der Waals surface area contributed by atoms with E-state index in [9.17, 15) is 0 Å². The van der Waals surface area contributed by atoms with Gasteiger partial charge in [0.05, 0.1) is 0 Å². The summed E-state index contributed by atoms with van der Waals surface area (Å²) in [5, 5.41) is 1.25. The third-order valence-electron chi connectivity index (χ3n) is 1.18. The molecule has 0 saturated carbocycles. The SMILES string of the molecule is C[SiH](C)CCCC[Se]. The summed E-state index contributed by atoms with van der Waals surface area (Å²) in [7, 11) is -0.216. The zero-order chi connectivity index (χ0) is 6.41. The fourth-order valence-corrected chi connectivity index (χ4v) is 2.19. The fourth-order valence-electron chi connectivity index (χ4n) is 0.655. The second kappa shape index (κ2) is 5.87. The molecular weight excluding hydrogens is 179 g/mol. The van der Waals surface area contributed by atoms with Crippen LogP contribution >= 0.6 is 0 Å². The van der Waals surface area contributed by atoms with Crippen LogP contribution in [0.25, 0.3) is 0 Å². The van der Waals surface area contributed by atoms with Crippen LogP contribution in [0.4, 0.5) is 0 Å². The van der Waals surface area contributed by atoms with Gasteiger partial charge in [0, 0.05) is 0 Å². The van der Waals surface area contributed by atoms with Gasteiger partial charge in [0.1, 0.15) is 0 Å². The zero-order valence-electron chi connectivity index (χ0n) is 5.81. The van der Waals surface area contributed by atoms with Crippen LogP contribution in [0.1, 0.15) is 12.8 Å². The molecule has 0 aromatic heterocycles. The Morgan fingerprint density at radius 3 is 2.25 bits per heavy atom. The van der Waals surface area contributed by atoms with Crippen molar-refractivity contribution in [1.82, 2.24) is 0 Å². The minimum absolute atomic E-state index is 0.216. The number of hydrogen-bond donors (Lipinski definition) is 0. The van der Waals surface area contributed by atoms with Gasteiger partial charge in [0.2, 0.25) is 0 Å². The summed E-state index contributed by atoms with van der Waals surface area (Å²) in [6.07, 6.45) is 2.85. The van der Waals surface area contributed by atoms with Crippen molar-refractivity contribution in [3.8, 4) is 0 Å². The molecule has 49 valence electrons. The molecule has 0 spiro atoms.